The molecule has 0 aliphatic carbocycles. The molecule has 1 aliphatic heterocycles. The van der Waals surface area contributed by atoms with Gasteiger partial charge in [0, 0.05) is 25.5 Å². The highest BCUT2D eigenvalue weighted by Crippen LogP contribution is 2.28. The van der Waals surface area contributed by atoms with Crippen LogP contribution in [0.4, 0.5) is 0 Å². The van der Waals surface area contributed by atoms with Gasteiger partial charge < -0.3 is 4.42 Å². The van der Waals surface area contributed by atoms with Crippen LogP contribution in [-0.4, -0.2) is 38.2 Å². The van der Waals surface area contributed by atoms with E-state index in [0.29, 0.717) is 17.5 Å². The standard InChI is InChI=1S/C18H19N5O/c1-2-5-14(6-3-1)12-23-10-4-7-15(13-23)17-21-22-18(24-17)16-11-19-8-9-20-16/h1-3,5-6,8-9,11,15H,4,7,10,12-13H2. The maximum absolute atomic E-state index is 5.86. The van der Waals surface area contributed by atoms with E-state index in [-0.39, 0.29) is 5.92 Å². The second kappa shape index (κ2) is 6.88. The van der Waals surface area contributed by atoms with Gasteiger partial charge in [-0.1, -0.05) is 30.3 Å². The minimum absolute atomic E-state index is 0.278. The molecule has 1 aromatic carbocycles. The normalized spacial score (nSPS) is 18.6. The van der Waals surface area contributed by atoms with Gasteiger partial charge in [0.15, 0.2) is 0 Å². The van der Waals surface area contributed by atoms with E-state index in [1.807, 2.05) is 0 Å². The maximum Gasteiger partial charge on any atom is 0.267 e. The second-order valence-corrected chi connectivity index (χ2v) is 6.10. The molecule has 1 unspecified atom stereocenters. The fourth-order valence-electron chi connectivity index (χ4n) is 3.15. The average Bonchev–Trinajstić information content (AvgIpc) is 3.14. The Kier molecular flexibility index (Phi) is 4.29. The number of benzene rings is 1. The van der Waals surface area contributed by atoms with Gasteiger partial charge in [-0.05, 0) is 24.9 Å². The van der Waals surface area contributed by atoms with Crippen molar-refractivity contribution in [2.75, 3.05) is 13.1 Å². The highest BCUT2D eigenvalue weighted by Gasteiger charge is 2.26. The van der Waals surface area contributed by atoms with Gasteiger partial charge >= 0.3 is 0 Å². The lowest BCUT2D eigenvalue weighted by atomic mass is 9.97. The average molecular weight is 321 g/mol. The molecule has 0 amide bonds. The third-order valence-corrected chi connectivity index (χ3v) is 4.33. The number of aromatic nitrogens is 4. The highest BCUT2D eigenvalue weighted by molar-refractivity contribution is 5.43. The molecule has 0 radical (unpaired) electrons. The van der Waals surface area contributed by atoms with Crippen LogP contribution in [0.15, 0.2) is 53.3 Å². The Labute approximate surface area is 140 Å². The molecule has 0 N–H and O–H groups in total. The molecule has 4 rings (SSSR count). The lowest BCUT2D eigenvalue weighted by Crippen LogP contribution is -2.34. The van der Waals surface area contributed by atoms with E-state index >= 15 is 0 Å². The van der Waals surface area contributed by atoms with E-state index in [2.05, 4.69) is 55.4 Å². The molecular formula is C18H19N5O. The summed E-state index contributed by atoms with van der Waals surface area (Å²) >= 11 is 0. The van der Waals surface area contributed by atoms with Crippen molar-refractivity contribution >= 4 is 0 Å². The number of nitrogens with zero attached hydrogens (tertiary/aromatic N) is 5. The molecule has 122 valence electrons. The Morgan fingerprint density at radius 1 is 1.12 bits per heavy atom. The van der Waals surface area contributed by atoms with Gasteiger partial charge in [-0.2, -0.15) is 0 Å². The van der Waals surface area contributed by atoms with Crippen molar-refractivity contribution in [3.8, 4) is 11.6 Å². The monoisotopic (exact) mass is 321 g/mol. The van der Waals surface area contributed by atoms with Crippen molar-refractivity contribution in [3.63, 3.8) is 0 Å². The summed E-state index contributed by atoms with van der Waals surface area (Å²) in [7, 11) is 0. The zero-order valence-electron chi connectivity index (χ0n) is 13.4. The van der Waals surface area contributed by atoms with Gasteiger partial charge in [0.2, 0.25) is 5.89 Å². The molecule has 6 nitrogen and oxygen atoms in total. The van der Waals surface area contributed by atoms with Crippen molar-refractivity contribution in [2.45, 2.75) is 25.3 Å². The number of likely N-dealkylation sites (tertiary alicyclic amines) is 1. The molecule has 0 bridgehead atoms. The number of hydrogen-bond donors (Lipinski definition) is 0. The minimum Gasteiger partial charge on any atom is -0.419 e. The van der Waals surface area contributed by atoms with E-state index in [1.54, 1.807) is 18.6 Å². The lowest BCUT2D eigenvalue weighted by molar-refractivity contribution is 0.186. The van der Waals surface area contributed by atoms with Crippen LogP contribution < -0.4 is 0 Å². The van der Waals surface area contributed by atoms with Crippen LogP contribution in [0, 0.1) is 0 Å². The molecule has 24 heavy (non-hydrogen) atoms. The first-order valence-electron chi connectivity index (χ1n) is 8.24. The van der Waals surface area contributed by atoms with Crippen LogP contribution in [0.5, 0.6) is 0 Å². The smallest absolute Gasteiger partial charge is 0.267 e. The zero-order valence-corrected chi connectivity index (χ0v) is 13.4. The Morgan fingerprint density at radius 2 is 2.04 bits per heavy atom. The SMILES string of the molecule is c1ccc(CN2CCCC(c3nnc(-c4cnccn4)o3)C2)cc1. The van der Waals surface area contributed by atoms with Gasteiger partial charge in [0.05, 0.1) is 12.1 Å². The first-order chi connectivity index (χ1) is 11.9. The van der Waals surface area contributed by atoms with Crippen molar-refractivity contribution in [1.29, 1.82) is 0 Å². The highest BCUT2D eigenvalue weighted by atomic mass is 16.4. The summed E-state index contributed by atoms with van der Waals surface area (Å²) in [6.07, 6.45) is 7.11. The first kappa shape index (κ1) is 15.0. The van der Waals surface area contributed by atoms with Crippen molar-refractivity contribution in [2.24, 2.45) is 0 Å². The predicted octanol–water partition coefficient (Wildman–Crippen LogP) is 2.91. The maximum atomic E-state index is 5.86. The molecule has 3 aromatic rings. The minimum atomic E-state index is 0.278. The summed E-state index contributed by atoms with van der Waals surface area (Å²) < 4.78 is 5.86. The van der Waals surface area contributed by atoms with E-state index in [1.165, 1.54) is 5.56 Å². The first-order valence-corrected chi connectivity index (χ1v) is 8.24. The predicted molar refractivity (Wildman–Crippen MR) is 89.0 cm³/mol. The largest absolute Gasteiger partial charge is 0.419 e. The third-order valence-electron chi connectivity index (χ3n) is 4.33. The topological polar surface area (TPSA) is 67.9 Å². The number of hydrogen-bond acceptors (Lipinski definition) is 6. The number of piperidine rings is 1. The third kappa shape index (κ3) is 3.33. The zero-order chi connectivity index (χ0) is 16.2. The summed E-state index contributed by atoms with van der Waals surface area (Å²) in [6.45, 7) is 3.01. The molecule has 3 heterocycles. The van der Waals surface area contributed by atoms with Crippen LogP contribution in [0.2, 0.25) is 0 Å². The van der Waals surface area contributed by atoms with Gasteiger partial charge in [0.25, 0.3) is 5.89 Å². The molecular weight excluding hydrogens is 302 g/mol. The fraction of sp³-hybridized carbons (Fsp3) is 0.333. The van der Waals surface area contributed by atoms with Gasteiger partial charge in [0.1, 0.15) is 5.69 Å². The number of rotatable bonds is 4. The van der Waals surface area contributed by atoms with Gasteiger partial charge in [-0.15, -0.1) is 10.2 Å². The molecule has 6 heteroatoms. The summed E-state index contributed by atoms with van der Waals surface area (Å²) in [5, 5.41) is 8.38. The van der Waals surface area contributed by atoms with Crippen LogP contribution in [0.3, 0.4) is 0 Å². The second-order valence-electron chi connectivity index (χ2n) is 6.10. The van der Waals surface area contributed by atoms with Crippen LogP contribution in [0.1, 0.15) is 30.2 Å². The fourth-order valence-corrected chi connectivity index (χ4v) is 3.15. The van der Waals surface area contributed by atoms with Crippen LogP contribution in [0.25, 0.3) is 11.6 Å². The lowest BCUT2D eigenvalue weighted by Gasteiger charge is -2.31. The summed E-state index contributed by atoms with van der Waals surface area (Å²) in [6, 6.07) is 10.6. The molecule has 0 saturated carbocycles. The molecule has 2 aromatic heterocycles. The van der Waals surface area contributed by atoms with E-state index in [4.69, 9.17) is 4.42 Å². The van der Waals surface area contributed by atoms with Crippen LogP contribution in [-0.2, 0) is 6.54 Å². The Morgan fingerprint density at radius 3 is 2.88 bits per heavy atom. The molecule has 0 spiro atoms. The summed E-state index contributed by atoms with van der Waals surface area (Å²) in [5.41, 5.74) is 1.96. The molecule has 1 atom stereocenters. The van der Waals surface area contributed by atoms with E-state index < -0.39 is 0 Å². The summed E-state index contributed by atoms with van der Waals surface area (Å²) in [4.78, 5) is 10.7. The van der Waals surface area contributed by atoms with Gasteiger partial charge in [-0.25, -0.2) is 4.98 Å². The Balaban J connectivity index is 1.45. The van der Waals surface area contributed by atoms with Crippen LogP contribution >= 0.6 is 0 Å². The Hall–Kier alpha value is -2.60. The van der Waals surface area contributed by atoms with E-state index in [0.717, 1.165) is 32.5 Å². The molecule has 1 fully saturated rings. The molecule has 1 saturated heterocycles. The van der Waals surface area contributed by atoms with Crippen molar-refractivity contribution in [3.05, 3.63) is 60.4 Å². The molecule has 1 aliphatic rings. The van der Waals surface area contributed by atoms with E-state index in [9.17, 15) is 0 Å². The van der Waals surface area contributed by atoms with Crippen molar-refractivity contribution < 1.29 is 4.42 Å². The van der Waals surface area contributed by atoms with Crippen molar-refractivity contribution in [1.82, 2.24) is 25.1 Å². The van der Waals surface area contributed by atoms with Gasteiger partial charge in [-0.3, -0.25) is 9.88 Å². The quantitative estimate of drug-likeness (QED) is 0.736. The Bertz CT molecular complexity index is 774. The summed E-state index contributed by atoms with van der Waals surface area (Å²) in [5.74, 6) is 1.42.